The van der Waals surface area contributed by atoms with Crippen LogP contribution in [0.3, 0.4) is 0 Å². The van der Waals surface area contributed by atoms with Crippen molar-refractivity contribution >= 4 is 5.91 Å². The fraction of sp³-hybridized carbons (Fsp3) is 0.636. The molecular formula is C22H36NO. The number of hydrogen-bond donors (Lipinski definition) is 1. The van der Waals surface area contributed by atoms with Gasteiger partial charge in [-0.1, -0.05) is 71.2 Å². The zero-order valence-corrected chi connectivity index (χ0v) is 16.3. The summed E-state index contributed by atoms with van der Waals surface area (Å²) in [6.45, 7) is 10.5. The molecule has 1 aromatic carbocycles. The van der Waals surface area contributed by atoms with Crippen LogP contribution in [0.25, 0.3) is 0 Å². The Labute approximate surface area is 149 Å². The molecule has 2 heteroatoms. The summed E-state index contributed by atoms with van der Waals surface area (Å²) in [7, 11) is 0. The lowest BCUT2D eigenvalue weighted by Gasteiger charge is -2.30. The number of carbonyl (C=O) groups is 1. The van der Waals surface area contributed by atoms with Gasteiger partial charge in [0.15, 0.2) is 0 Å². The Balaban J connectivity index is 3.24. The van der Waals surface area contributed by atoms with E-state index in [4.69, 9.17) is 0 Å². The number of carbonyl (C=O) groups excluding carboxylic acids is 1. The minimum absolute atomic E-state index is 0.0506. The average Bonchev–Trinajstić information content (AvgIpc) is 2.58. The lowest BCUT2D eigenvalue weighted by Crippen LogP contribution is -2.31. The SMILES string of the molecule is CCCCC(CCC)c1ccccc1C(NC(C)=O)[C](CC)CC. The quantitative estimate of drug-likeness (QED) is 0.504. The Bertz CT molecular complexity index is 479. The van der Waals surface area contributed by atoms with Crippen molar-refractivity contribution in [3.05, 3.63) is 41.3 Å². The molecule has 1 aromatic rings. The fourth-order valence-electron chi connectivity index (χ4n) is 3.66. The molecule has 0 saturated carbocycles. The molecule has 1 rings (SSSR count). The van der Waals surface area contributed by atoms with Crippen molar-refractivity contribution in [2.24, 2.45) is 0 Å². The van der Waals surface area contributed by atoms with Crippen molar-refractivity contribution in [3.8, 4) is 0 Å². The molecule has 0 aliphatic rings. The first-order valence-corrected chi connectivity index (χ1v) is 9.79. The molecule has 1 amide bonds. The Kier molecular flexibility index (Phi) is 9.75. The normalized spacial score (nSPS) is 13.8. The van der Waals surface area contributed by atoms with E-state index in [9.17, 15) is 4.79 Å². The van der Waals surface area contributed by atoms with Crippen LogP contribution in [0.5, 0.6) is 0 Å². The Morgan fingerprint density at radius 3 is 2.08 bits per heavy atom. The van der Waals surface area contributed by atoms with Gasteiger partial charge in [0, 0.05) is 12.8 Å². The van der Waals surface area contributed by atoms with Gasteiger partial charge in [-0.3, -0.25) is 4.79 Å². The zero-order chi connectivity index (χ0) is 17.9. The molecule has 0 aliphatic carbocycles. The van der Waals surface area contributed by atoms with E-state index in [-0.39, 0.29) is 11.9 Å². The predicted molar refractivity (Wildman–Crippen MR) is 104 cm³/mol. The van der Waals surface area contributed by atoms with E-state index < -0.39 is 0 Å². The molecule has 1 N–H and O–H groups in total. The summed E-state index contributed by atoms with van der Waals surface area (Å²) >= 11 is 0. The zero-order valence-electron chi connectivity index (χ0n) is 16.3. The van der Waals surface area contributed by atoms with Crippen LogP contribution in [0.15, 0.2) is 24.3 Å². The molecule has 2 atom stereocenters. The van der Waals surface area contributed by atoms with Gasteiger partial charge in [-0.15, -0.1) is 0 Å². The van der Waals surface area contributed by atoms with Crippen LogP contribution in [0.4, 0.5) is 0 Å². The molecule has 135 valence electrons. The molecule has 0 aromatic heterocycles. The van der Waals surface area contributed by atoms with Gasteiger partial charge in [-0.25, -0.2) is 0 Å². The van der Waals surface area contributed by atoms with Gasteiger partial charge in [0.25, 0.3) is 0 Å². The summed E-state index contributed by atoms with van der Waals surface area (Å²) in [6.07, 6.45) is 8.16. The third-order valence-electron chi connectivity index (χ3n) is 4.95. The second-order valence-electron chi connectivity index (χ2n) is 6.76. The molecule has 0 saturated heterocycles. The molecule has 0 aliphatic heterocycles. The van der Waals surface area contributed by atoms with Crippen molar-refractivity contribution in [3.63, 3.8) is 0 Å². The van der Waals surface area contributed by atoms with Crippen LogP contribution in [0, 0.1) is 5.92 Å². The maximum atomic E-state index is 11.8. The maximum absolute atomic E-state index is 11.8. The van der Waals surface area contributed by atoms with E-state index in [1.165, 1.54) is 49.1 Å². The molecule has 2 unspecified atom stereocenters. The van der Waals surface area contributed by atoms with Crippen LogP contribution in [-0.4, -0.2) is 5.91 Å². The smallest absolute Gasteiger partial charge is 0.217 e. The third kappa shape index (κ3) is 5.96. The van der Waals surface area contributed by atoms with Gasteiger partial charge in [0.2, 0.25) is 5.91 Å². The Morgan fingerprint density at radius 2 is 1.58 bits per heavy atom. The molecular weight excluding hydrogens is 294 g/mol. The second kappa shape index (κ2) is 11.3. The van der Waals surface area contributed by atoms with E-state index in [1.807, 2.05) is 0 Å². The van der Waals surface area contributed by atoms with Crippen molar-refractivity contribution in [2.45, 2.75) is 91.5 Å². The van der Waals surface area contributed by atoms with Crippen LogP contribution in [-0.2, 0) is 4.79 Å². The molecule has 1 radical (unpaired) electrons. The average molecular weight is 331 g/mol. The summed E-state index contributed by atoms with van der Waals surface area (Å²) in [4.78, 5) is 11.8. The van der Waals surface area contributed by atoms with E-state index in [0.29, 0.717) is 5.92 Å². The van der Waals surface area contributed by atoms with Gasteiger partial charge in [-0.05, 0) is 42.7 Å². The number of hydrogen-bond acceptors (Lipinski definition) is 1. The first-order valence-electron chi connectivity index (χ1n) is 9.79. The highest BCUT2D eigenvalue weighted by atomic mass is 16.1. The summed E-state index contributed by atoms with van der Waals surface area (Å²) in [5, 5.41) is 3.22. The van der Waals surface area contributed by atoms with Gasteiger partial charge in [-0.2, -0.15) is 0 Å². The highest BCUT2D eigenvalue weighted by molar-refractivity contribution is 5.74. The maximum Gasteiger partial charge on any atom is 0.217 e. The monoisotopic (exact) mass is 330 g/mol. The lowest BCUT2D eigenvalue weighted by atomic mass is 9.80. The summed E-state index contributed by atoms with van der Waals surface area (Å²) in [5.74, 6) is 2.05. The summed E-state index contributed by atoms with van der Waals surface area (Å²) in [6, 6.07) is 8.81. The van der Waals surface area contributed by atoms with E-state index >= 15 is 0 Å². The summed E-state index contributed by atoms with van der Waals surface area (Å²) < 4.78 is 0. The molecule has 2 nitrogen and oxygen atoms in total. The van der Waals surface area contributed by atoms with E-state index in [1.54, 1.807) is 6.92 Å². The number of rotatable bonds is 11. The number of unbranched alkanes of at least 4 members (excludes halogenated alkanes) is 1. The van der Waals surface area contributed by atoms with Crippen molar-refractivity contribution < 1.29 is 4.79 Å². The van der Waals surface area contributed by atoms with E-state index in [0.717, 1.165) is 12.8 Å². The highest BCUT2D eigenvalue weighted by Crippen LogP contribution is 2.37. The second-order valence-corrected chi connectivity index (χ2v) is 6.76. The van der Waals surface area contributed by atoms with Crippen molar-refractivity contribution in [1.29, 1.82) is 0 Å². The molecule has 0 heterocycles. The topological polar surface area (TPSA) is 29.1 Å². The molecule has 24 heavy (non-hydrogen) atoms. The lowest BCUT2D eigenvalue weighted by molar-refractivity contribution is -0.119. The van der Waals surface area contributed by atoms with Crippen LogP contribution < -0.4 is 5.32 Å². The highest BCUT2D eigenvalue weighted by Gasteiger charge is 2.26. The van der Waals surface area contributed by atoms with Crippen LogP contribution in [0.2, 0.25) is 0 Å². The minimum atomic E-state index is 0.0506. The largest absolute Gasteiger partial charge is 0.349 e. The van der Waals surface area contributed by atoms with Crippen LogP contribution >= 0.6 is 0 Å². The van der Waals surface area contributed by atoms with E-state index in [2.05, 4.69) is 57.3 Å². The fourth-order valence-corrected chi connectivity index (χ4v) is 3.66. The third-order valence-corrected chi connectivity index (χ3v) is 4.95. The number of amides is 1. The first kappa shape index (κ1) is 20.7. The summed E-state index contributed by atoms with van der Waals surface area (Å²) in [5.41, 5.74) is 2.74. The Morgan fingerprint density at radius 1 is 0.958 bits per heavy atom. The standard InChI is InChI=1S/C22H36NO/c1-6-10-14-19(13-7-2)20-15-11-12-16-21(20)22(23-17(5)24)18(8-3)9-4/h11-12,15-16,19,22H,6-10,13-14H2,1-5H3,(H,23,24). The van der Waals surface area contributed by atoms with Crippen LogP contribution in [0.1, 0.15) is 103 Å². The molecule has 0 fully saturated rings. The minimum Gasteiger partial charge on any atom is -0.349 e. The molecule has 0 bridgehead atoms. The van der Waals surface area contributed by atoms with Crippen molar-refractivity contribution in [1.82, 2.24) is 5.32 Å². The first-order chi connectivity index (χ1) is 11.6. The van der Waals surface area contributed by atoms with Gasteiger partial charge < -0.3 is 5.32 Å². The van der Waals surface area contributed by atoms with Crippen molar-refractivity contribution in [2.75, 3.05) is 0 Å². The molecule has 0 spiro atoms. The Hall–Kier alpha value is -1.31. The number of nitrogens with one attached hydrogen (secondary N) is 1. The van der Waals surface area contributed by atoms with Gasteiger partial charge in [0.05, 0.1) is 6.04 Å². The van der Waals surface area contributed by atoms with Gasteiger partial charge in [0.1, 0.15) is 0 Å². The predicted octanol–water partition coefficient (Wildman–Crippen LogP) is 6.33. The number of benzene rings is 1. The van der Waals surface area contributed by atoms with Gasteiger partial charge >= 0.3 is 0 Å².